The Labute approximate surface area is 184 Å². The third kappa shape index (κ3) is 4.80. The van der Waals surface area contributed by atoms with E-state index in [1.54, 1.807) is 41.2 Å². The number of nitrogens with zero attached hydrogens (tertiary/aromatic N) is 5. The van der Waals surface area contributed by atoms with Gasteiger partial charge in [-0.15, -0.1) is 0 Å². The van der Waals surface area contributed by atoms with Gasteiger partial charge < -0.3 is 9.84 Å². The molecule has 0 saturated heterocycles. The minimum atomic E-state index is -0.290. The van der Waals surface area contributed by atoms with Gasteiger partial charge in [-0.1, -0.05) is 49.7 Å². The lowest BCUT2D eigenvalue weighted by Crippen LogP contribution is -2.23. The maximum Gasteiger partial charge on any atom is 0.271 e. The minimum absolute atomic E-state index is 0.213. The highest BCUT2D eigenvalue weighted by atomic mass is 35.5. The Morgan fingerprint density at radius 2 is 2.03 bits per heavy atom. The minimum Gasteiger partial charge on any atom is -0.347 e. The number of pyridine rings is 1. The summed E-state index contributed by atoms with van der Waals surface area (Å²) in [6.07, 6.45) is 4.80. The molecule has 3 heterocycles. The van der Waals surface area contributed by atoms with Gasteiger partial charge in [-0.2, -0.15) is 4.98 Å². The quantitative estimate of drug-likeness (QED) is 0.503. The standard InChI is InChI=1S/C22H21ClN6O2/c1-22(2,3)21-27-20(31-28-21)15-7-8-24-18(10-15)29-12-17(26-13-29)19(30)25-11-14-5-4-6-16(23)9-14/h4-10,12-13H,11H2,1-3H3,(H,25,30). The molecule has 0 aliphatic heterocycles. The predicted octanol–water partition coefficient (Wildman–Crippen LogP) is 4.20. The van der Waals surface area contributed by atoms with Crippen LogP contribution in [0.5, 0.6) is 0 Å². The molecule has 0 unspecified atom stereocenters. The van der Waals surface area contributed by atoms with Crippen molar-refractivity contribution in [1.29, 1.82) is 0 Å². The molecular formula is C22H21ClN6O2. The molecule has 0 aliphatic rings. The van der Waals surface area contributed by atoms with E-state index < -0.39 is 0 Å². The predicted molar refractivity (Wildman–Crippen MR) is 116 cm³/mol. The molecule has 1 aromatic carbocycles. The molecule has 0 radical (unpaired) electrons. The fourth-order valence-corrected chi connectivity index (χ4v) is 3.04. The van der Waals surface area contributed by atoms with Crippen LogP contribution < -0.4 is 5.32 Å². The van der Waals surface area contributed by atoms with Crippen LogP contribution in [0.25, 0.3) is 17.3 Å². The molecule has 31 heavy (non-hydrogen) atoms. The summed E-state index contributed by atoms with van der Waals surface area (Å²) in [6.45, 7) is 6.41. The van der Waals surface area contributed by atoms with Gasteiger partial charge in [0.1, 0.15) is 17.8 Å². The number of rotatable bonds is 5. The van der Waals surface area contributed by atoms with Crippen LogP contribution in [-0.2, 0) is 12.0 Å². The first-order chi connectivity index (χ1) is 14.8. The lowest BCUT2D eigenvalue weighted by Gasteiger charge is -2.10. The monoisotopic (exact) mass is 436 g/mol. The normalized spacial score (nSPS) is 11.5. The second-order valence-corrected chi connectivity index (χ2v) is 8.49. The van der Waals surface area contributed by atoms with Gasteiger partial charge in [0, 0.05) is 34.9 Å². The summed E-state index contributed by atoms with van der Waals surface area (Å²) in [5.74, 6) is 1.33. The van der Waals surface area contributed by atoms with Crippen LogP contribution in [-0.4, -0.2) is 30.6 Å². The number of carbonyl (C=O) groups is 1. The van der Waals surface area contributed by atoms with Crippen LogP contribution in [0.15, 0.2) is 59.6 Å². The van der Waals surface area contributed by atoms with E-state index in [0.717, 1.165) is 11.1 Å². The van der Waals surface area contributed by atoms with Crippen LogP contribution in [0.3, 0.4) is 0 Å². The van der Waals surface area contributed by atoms with Crippen LogP contribution in [0.1, 0.15) is 42.6 Å². The summed E-state index contributed by atoms with van der Waals surface area (Å²) in [7, 11) is 0. The SMILES string of the molecule is CC(C)(C)c1noc(-c2ccnc(-n3cnc(C(=O)NCc4cccc(Cl)c4)c3)c2)n1. The smallest absolute Gasteiger partial charge is 0.271 e. The summed E-state index contributed by atoms with van der Waals surface area (Å²) in [5, 5.41) is 7.51. The zero-order chi connectivity index (χ0) is 22.0. The van der Waals surface area contributed by atoms with Gasteiger partial charge in [0.2, 0.25) is 0 Å². The number of hydrogen-bond donors (Lipinski definition) is 1. The van der Waals surface area contributed by atoms with E-state index in [1.807, 2.05) is 32.9 Å². The largest absolute Gasteiger partial charge is 0.347 e. The van der Waals surface area contributed by atoms with Gasteiger partial charge in [0.05, 0.1) is 0 Å². The maximum absolute atomic E-state index is 12.5. The molecule has 158 valence electrons. The number of halogens is 1. The van der Waals surface area contributed by atoms with Crippen molar-refractivity contribution in [2.24, 2.45) is 0 Å². The van der Waals surface area contributed by atoms with Gasteiger partial charge in [-0.3, -0.25) is 9.36 Å². The molecule has 1 N–H and O–H groups in total. The number of aromatic nitrogens is 5. The average molecular weight is 437 g/mol. The van der Waals surface area contributed by atoms with Gasteiger partial charge in [-0.25, -0.2) is 9.97 Å². The summed E-state index contributed by atoms with van der Waals surface area (Å²) < 4.78 is 7.07. The fourth-order valence-electron chi connectivity index (χ4n) is 2.82. The van der Waals surface area contributed by atoms with Crippen molar-refractivity contribution < 1.29 is 9.32 Å². The molecule has 0 spiro atoms. The van der Waals surface area contributed by atoms with E-state index in [2.05, 4.69) is 25.4 Å². The second-order valence-electron chi connectivity index (χ2n) is 8.05. The van der Waals surface area contributed by atoms with Gasteiger partial charge >= 0.3 is 0 Å². The Hall–Kier alpha value is -3.52. The molecule has 0 atom stereocenters. The van der Waals surface area contributed by atoms with Crippen molar-refractivity contribution >= 4 is 17.5 Å². The van der Waals surface area contributed by atoms with Crippen molar-refractivity contribution in [3.05, 3.63) is 77.2 Å². The zero-order valence-electron chi connectivity index (χ0n) is 17.3. The first-order valence-corrected chi connectivity index (χ1v) is 10.0. The maximum atomic E-state index is 12.5. The molecule has 0 saturated carbocycles. The molecule has 4 rings (SSSR count). The van der Waals surface area contributed by atoms with E-state index in [-0.39, 0.29) is 17.0 Å². The van der Waals surface area contributed by atoms with Crippen molar-refractivity contribution in [2.45, 2.75) is 32.7 Å². The lowest BCUT2D eigenvalue weighted by atomic mass is 9.96. The number of carbonyl (C=O) groups excluding carboxylic acids is 1. The third-order valence-corrected chi connectivity index (χ3v) is 4.75. The molecule has 1 amide bonds. The number of amides is 1. The topological polar surface area (TPSA) is 98.7 Å². The van der Waals surface area contributed by atoms with Gasteiger partial charge in [-0.05, 0) is 29.8 Å². The van der Waals surface area contributed by atoms with Crippen LogP contribution in [0.2, 0.25) is 5.02 Å². The number of benzene rings is 1. The molecule has 3 aromatic heterocycles. The second kappa shape index (κ2) is 8.31. The molecular weight excluding hydrogens is 416 g/mol. The first-order valence-electron chi connectivity index (χ1n) is 9.67. The van der Waals surface area contributed by atoms with Gasteiger partial charge in [0.25, 0.3) is 11.8 Å². The molecule has 0 bridgehead atoms. The van der Waals surface area contributed by atoms with E-state index in [0.29, 0.717) is 29.1 Å². The molecule has 0 fully saturated rings. The molecule has 0 aliphatic carbocycles. The molecule has 9 heteroatoms. The fraction of sp³-hybridized carbons (Fsp3) is 0.227. The van der Waals surface area contributed by atoms with Crippen LogP contribution >= 0.6 is 11.6 Å². The summed E-state index contributed by atoms with van der Waals surface area (Å²) in [4.78, 5) is 25.5. The van der Waals surface area contributed by atoms with Gasteiger partial charge in [0.15, 0.2) is 5.82 Å². The summed E-state index contributed by atoms with van der Waals surface area (Å²) in [6, 6.07) is 10.9. The molecule has 8 nitrogen and oxygen atoms in total. The number of hydrogen-bond acceptors (Lipinski definition) is 6. The zero-order valence-corrected chi connectivity index (χ0v) is 18.1. The van der Waals surface area contributed by atoms with Crippen LogP contribution in [0.4, 0.5) is 0 Å². The highest BCUT2D eigenvalue weighted by molar-refractivity contribution is 6.30. The Bertz CT molecular complexity index is 1220. The Balaban J connectivity index is 1.49. The number of imidazole rings is 1. The number of nitrogens with one attached hydrogen (secondary N) is 1. The Morgan fingerprint density at radius 3 is 2.77 bits per heavy atom. The van der Waals surface area contributed by atoms with Crippen molar-refractivity contribution in [3.63, 3.8) is 0 Å². The van der Waals surface area contributed by atoms with E-state index in [1.165, 1.54) is 6.33 Å². The summed E-state index contributed by atoms with van der Waals surface area (Å²) >= 11 is 5.98. The van der Waals surface area contributed by atoms with E-state index in [9.17, 15) is 4.79 Å². The van der Waals surface area contributed by atoms with E-state index >= 15 is 0 Å². The highest BCUT2D eigenvalue weighted by Crippen LogP contribution is 2.24. The molecule has 4 aromatic rings. The van der Waals surface area contributed by atoms with Crippen molar-refractivity contribution in [1.82, 2.24) is 30.0 Å². The first kappa shape index (κ1) is 20.7. The van der Waals surface area contributed by atoms with E-state index in [4.69, 9.17) is 16.1 Å². The van der Waals surface area contributed by atoms with Crippen LogP contribution in [0, 0.1) is 0 Å². The highest BCUT2D eigenvalue weighted by Gasteiger charge is 2.21. The van der Waals surface area contributed by atoms with Crippen molar-refractivity contribution in [2.75, 3.05) is 0 Å². The lowest BCUT2D eigenvalue weighted by molar-refractivity contribution is 0.0946. The Kier molecular flexibility index (Phi) is 5.56. The van der Waals surface area contributed by atoms with Crippen molar-refractivity contribution in [3.8, 4) is 17.3 Å². The third-order valence-electron chi connectivity index (χ3n) is 4.51. The average Bonchev–Trinajstić information content (AvgIpc) is 3.42. The summed E-state index contributed by atoms with van der Waals surface area (Å²) in [5.41, 5.74) is 1.70. The Morgan fingerprint density at radius 1 is 1.19 bits per heavy atom.